The molecule has 4 heteroatoms. The summed E-state index contributed by atoms with van der Waals surface area (Å²) < 4.78 is 5.48. The van der Waals surface area contributed by atoms with Crippen molar-refractivity contribution >= 4 is 6.09 Å². The van der Waals surface area contributed by atoms with E-state index in [1.807, 2.05) is 39.5 Å². The first-order valence-corrected chi connectivity index (χ1v) is 7.25. The average Bonchev–Trinajstić information content (AvgIpc) is 2.27. The Balaban J connectivity index is 2.70. The van der Waals surface area contributed by atoms with Gasteiger partial charge >= 0.3 is 6.09 Å². The second-order valence-corrected chi connectivity index (χ2v) is 7.35. The molecule has 1 rings (SSSR count). The van der Waals surface area contributed by atoms with Crippen LogP contribution in [0.3, 0.4) is 0 Å². The number of aliphatic hydroxyl groups excluding tert-OH is 1. The van der Waals surface area contributed by atoms with Gasteiger partial charge in [0.2, 0.25) is 0 Å². The van der Waals surface area contributed by atoms with Crippen LogP contribution in [0.2, 0.25) is 0 Å². The molecular weight excluding hydrogens is 242 g/mol. The fourth-order valence-electron chi connectivity index (χ4n) is 2.48. The fourth-order valence-corrected chi connectivity index (χ4v) is 2.48. The molecule has 0 aromatic carbocycles. The van der Waals surface area contributed by atoms with Gasteiger partial charge in [0.25, 0.3) is 0 Å². The Morgan fingerprint density at radius 1 is 1.26 bits per heavy atom. The second-order valence-electron chi connectivity index (χ2n) is 7.35. The summed E-state index contributed by atoms with van der Waals surface area (Å²) in [5, 5.41) is 9.40. The summed E-state index contributed by atoms with van der Waals surface area (Å²) in [5.74, 6) is 0. The van der Waals surface area contributed by atoms with Crippen LogP contribution in [-0.2, 0) is 4.74 Å². The lowest BCUT2D eigenvalue weighted by molar-refractivity contribution is 0.000969. The maximum absolute atomic E-state index is 12.2. The first kappa shape index (κ1) is 16.3. The molecule has 1 N–H and O–H groups in total. The first-order chi connectivity index (χ1) is 8.64. The van der Waals surface area contributed by atoms with Crippen LogP contribution in [-0.4, -0.2) is 40.9 Å². The number of hydrogen-bond acceptors (Lipinski definition) is 3. The molecule has 0 bridgehead atoms. The van der Waals surface area contributed by atoms with Crippen LogP contribution in [0.25, 0.3) is 0 Å². The van der Waals surface area contributed by atoms with Crippen LogP contribution in [0.4, 0.5) is 4.79 Å². The van der Waals surface area contributed by atoms with Gasteiger partial charge in [-0.2, -0.15) is 0 Å². The van der Waals surface area contributed by atoms with E-state index in [4.69, 9.17) is 4.74 Å². The van der Waals surface area contributed by atoms with Crippen molar-refractivity contribution in [1.29, 1.82) is 0 Å². The highest BCUT2D eigenvalue weighted by atomic mass is 16.6. The molecule has 1 amide bonds. The minimum absolute atomic E-state index is 0.145. The highest BCUT2D eigenvalue weighted by molar-refractivity contribution is 5.68. The smallest absolute Gasteiger partial charge is 0.410 e. The SMILES string of the molecule is CC(C)(CO)CC1CCCCN1C(=O)OC(C)(C)C. The Kier molecular flexibility index (Phi) is 5.25. The van der Waals surface area contributed by atoms with E-state index >= 15 is 0 Å². The van der Waals surface area contributed by atoms with Gasteiger partial charge < -0.3 is 14.7 Å². The summed E-state index contributed by atoms with van der Waals surface area (Å²) in [6.07, 6.45) is 3.79. The Morgan fingerprint density at radius 2 is 1.89 bits per heavy atom. The Labute approximate surface area is 117 Å². The molecule has 0 aromatic rings. The zero-order valence-corrected chi connectivity index (χ0v) is 13.0. The van der Waals surface area contributed by atoms with Crippen molar-refractivity contribution in [3.05, 3.63) is 0 Å². The molecule has 1 aliphatic rings. The van der Waals surface area contributed by atoms with Crippen molar-refractivity contribution in [3.8, 4) is 0 Å². The van der Waals surface area contributed by atoms with Gasteiger partial charge in [-0.1, -0.05) is 13.8 Å². The lowest BCUT2D eigenvalue weighted by atomic mass is 9.83. The number of aliphatic hydroxyl groups is 1. The summed E-state index contributed by atoms with van der Waals surface area (Å²) >= 11 is 0. The van der Waals surface area contributed by atoms with Gasteiger partial charge in [0, 0.05) is 19.2 Å². The summed E-state index contributed by atoms with van der Waals surface area (Å²) in [5.41, 5.74) is -0.603. The van der Waals surface area contributed by atoms with Gasteiger partial charge in [0.15, 0.2) is 0 Å². The summed E-state index contributed by atoms with van der Waals surface area (Å²) in [7, 11) is 0. The molecule has 1 fully saturated rings. The van der Waals surface area contributed by atoms with Crippen molar-refractivity contribution < 1.29 is 14.6 Å². The van der Waals surface area contributed by atoms with Gasteiger partial charge in [-0.25, -0.2) is 4.79 Å². The number of nitrogens with zero attached hydrogens (tertiary/aromatic N) is 1. The monoisotopic (exact) mass is 271 g/mol. The molecule has 19 heavy (non-hydrogen) atoms. The average molecular weight is 271 g/mol. The third-order valence-electron chi connectivity index (χ3n) is 3.47. The topological polar surface area (TPSA) is 49.8 Å². The second kappa shape index (κ2) is 6.12. The van der Waals surface area contributed by atoms with E-state index in [-0.39, 0.29) is 24.2 Å². The molecular formula is C15H29NO3. The number of rotatable bonds is 3. The highest BCUT2D eigenvalue weighted by Crippen LogP contribution is 2.30. The number of carbonyl (C=O) groups excluding carboxylic acids is 1. The predicted molar refractivity (Wildman–Crippen MR) is 76.1 cm³/mol. The molecule has 0 radical (unpaired) electrons. The molecule has 1 heterocycles. The third-order valence-corrected chi connectivity index (χ3v) is 3.47. The van der Waals surface area contributed by atoms with Crippen molar-refractivity contribution in [2.45, 2.75) is 71.9 Å². The Bertz CT molecular complexity index is 307. The number of hydrogen-bond donors (Lipinski definition) is 1. The van der Waals surface area contributed by atoms with Crippen LogP contribution in [0.1, 0.15) is 60.3 Å². The maximum Gasteiger partial charge on any atom is 0.410 e. The Morgan fingerprint density at radius 3 is 2.42 bits per heavy atom. The van der Waals surface area contributed by atoms with Crippen molar-refractivity contribution in [3.63, 3.8) is 0 Å². The molecule has 4 nitrogen and oxygen atoms in total. The predicted octanol–water partition coefficient (Wildman–Crippen LogP) is 3.18. The Hall–Kier alpha value is -0.770. The number of ether oxygens (including phenoxy) is 1. The number of carbonyl (C=O) groups is 1. The number of likely N-dealkylation sites (tertiary alicyclic amines) is 1. The molecule has 0 aliphatic carbocycles. The molecule has 1 aliphatic heterocycles. The van der Waals surface area contributed by atoms with Crippen molar-refractivity contribution in [2.24, 2.45) is 5.41 Å². The van der Waals surface area contributed by atoms with Gasteiger partial charge in [-0.3, -0.25) is 0 Å². The van der Waals surface area contributed by atoms with Crippen LogP contribution in [0, 0.1) is 5.41 Å². The molecule has 1 atom stereocenters. The van der Waals surface area contributed by atoms with E-state index < -0.39 is 5.60 Å². The molecule has 1 unspecified atom stereocenters. The molecule has 0 saturated carbocycles. The van der Waals surface area contributed by atoms with Crippen LogP contribution in [0.15, 0.2) is 0 Å². The van der Waals surface area contributed by atoms with Crippen LogP contribution in [0.5, 0.6) is 0 Å². The van der Waals surface area contributed by atoms with E-state index in [9.17, 15) is 9.90 Å². The summed E-state index contributed by atoms with van der Waals surface area (Å²) in [6, 6.07) is 0.186. The summed E-state index contributed by atoms with van der Waals surface area (Å²) in [6.45, 7) is 10.7. The third kappa shape index (κ3) is 5.39. The lowest BCUT2D eigenvalue weighted by Gasteiger charge is -2.40. The van der Waals surface area contributed by atoms with E-state index in [1.165, 1.54) is 0 Å². The zero-order valence-electron chi connectivity index (χ0n) is 13.0. The van der Waals surface area contributed by atoms with E-state index in [0.29, 0.717) is 0 Å². The van der Waals surface area contributed by atoms with E-state index in [0.717, 1.165) is 32.2 Å². The highest BCUT2D eigenvalue weighted by Gasteiger charge is 2.33. The largest absolute Gasteiger partial charge is 0.444 e. The zero-order chi connectivity index (χ0) is 14.7. The maximum atomic E-state index is 12.2. The quantitative estimate of drug-likeness (QED) is 0.857. The fraction of sp³-hybridized carbons (Fsp3) is 0.933. The van der Waals surface area contributed by atoms with Gasteiger partial charge in [-0.05, 0) is 51.9 Å². The van der Waals surface area contributed by atoms with Gasteiger partial charge in [0.1, 0.15) is 5.60 Å². The van der Waals surface area contributed by atoms with Crippen molar-refractivity contribution in [1.82, 2.24) is 4.90 Å². The minimum atomic E-state index is -0.453. The van der Waals surface area contributed by atoms with E-state index in [1.54, 1.807) is 0 Å². The molecule has 1 saturated heterocycles. The first-order valence-electron chi connectivity index (χ1n) is 7.25. The van der Waals surface area contributed by atoms with Gasteiger partial charge in [-0.15, -0.1) is 0 Å². The molecule has 0 spiro atoms. The number of amides is 1. The minimum Gasteiger partial charge on any atom is -0.444 e. The van der Waals surface area contributed by atoms with Crippen LogP contribution >= 0.6 is 0 Å². The van der Waals surface area contributed by atoms with Crippen LogP contribution < -0.4 is 0 Å². The normalized spacial score (nSPS) is 21.4. The molecule has 112 valence electrons. The van der Waals surface area contributed by atoms with Gasteiger partial charge in [0.05, 0.1) is 0 Å². The standard InChI is InChI=1S/C15H29NO3/c1-14(2,3)19-13(18)16-9-7-6-8-12(16)10-15(4,5)11-17/h12,17H,6-11H2,1-5H3. The molecule has 0 aromatic heterocycles. The summed E-state index contributed by atoms with van der Waals surface area (Å²) in [4.78, 5) is 14.1. The lowest BCUT2D eigenvalue weighted by Crippen LogP contribution is -2.48. The number of piperidine rings is 1. The van der Waals surface area contributed by atoms with Crippen molar-refractivity contribution in [2.75, 3.05) is 13.2 Å². The van der Waals surface area contributed by atoms with E-state index in [2.05, 4.69) is 0 Å².